The molecular formula is C19H30N2. The van der Waals surface area contributed by atoms with Crippen LogP contribution in [0.3, 0.4) is 0 Å². The Labute approximate surface area is 129 Å². The summed E-state index contributed by atoms with van der Waals surface area (Å²) in [5.74, 6) is 2.66. The van der Waals surface area contributed by atoms with Gasteiger partial charge >= 0.3 is 0 Å². The molecule has 21 heavy (non-hydrogen) atoms. The standard InChI is InChI=1S/C19H30N2/c1-14(2)19-11-20-18(10-16-7-5-4-6-8-16)13-21(19)12-17-9-15(17)3/h4-8,14-15,17-20H,9-13H2,1-3H3. The first-order valence-electron chi connectivity index (χ1n) is 8.65. The van der Waals surface area contributed by atoms with E-state index >= 15 is 0 Å². The minimum absolute atomic E-state index is 0.608. The third kappa shape index (κ3) is 3.87. The molecule has 2 fully saturated rings. The van der Waals surface area contributed by atoms with E-state index < -0.39 is 0 Å². The van der Waals surface area contributed by atoms with Crippen LogP contribution < -0.4 is 5.32 Å². The van der Waals surface area contributed by atoms with Crippen LogP contribution in [0, 0.1) is 17.8 Å². The molecule has 0 aromatic heterocycles. The molecule has 2 aliphatic rings. The lowest BCUT2D eigenvalue weighted by Gasteiger charge is -2.42. The molecule has 0 spiro atoms. The van der Waals surface area contributed by atoms with Crippen molar-refractivity contribution in [2.75, 3.05) is 19.6 Å². The normalized spacial score (nSPS) is 33.3. The number of hydrogen-bond donors (Lipinski definition) is 1. The molecule has 1 aliphatic heterocycles. The average Bonchev–Trinajstić information content (AvgIpc) is 3.15. The van der Waals surface area contributed by atoms with Crippen LogP contribution >= 0.6 is 0 Å². The van der Waals surface area contributed by atoms with E-state index in [-0.39, 0.29) is 0 Å². The van der Waals surface area contributed by atoms with Gasteiger partial charge in [0.1, 0.15) is 0 Å². The van der Waals surface area contributed by atoms with Crippen LogP contribution in [0.5, 0.6) is 0 Å². The molecule has 1 saturated heterocycles. The predicted molar refractivity (Wildman–Crippen MR) is 89.4 cm³/mol. The molecule has 0 amide bonds. The molecule has 1 heterocycles. The second kappa shape index (κ2) is 6.50. The molecule has 1 aromatic rings. The molecule has 1 N–H and O–H groups in total. The van der Waals surface area contributed by atoms with Crippen molar-refractivity contribution in [1.29, 1.82) is 0 Å². The summed E-state index contributed by atoms with van der Waals surface area (Å²) < 4.78 is 0. The zero-order chi connectivity index (χ0) is 14.8. The van der Waals surface area contributed by atoms with Gasteiger partial charge in [-0.2, -0.15) is 0 Å². The van der Waals surface area contributed by atoms with E-state index in [1.54, 1.807) is 0 Å². The van der Waals surface area contributed by atoms with Crippen molar-refractivity contribution in [3.63, 3.8) is 0 Å². The van der Waals surface area contributed by atoms with E-state index in [2.05, 4.69) is 61.3 Å². The minimum atomic E-state index is 0.608. The third-order valence-electron chi connectivity index (χ3n) is 5.38. The second-order valence-electron chi connectivity index (χ2n) is 7.53. The maximum Gasteiger partial charge on any atom is 0.0244 e. The van der Waals surface area contributed by atoms with Gasteiger partial charge in [0, 0.05) is 31.7 Å². The first kappa shape index (κ1) is 15.1. The lowest BCUT2D eigenvalue weighted by molar-refractivity contribution is 0.0921. The highest BCUT2D eigenvalue weighted by Gasteiger charge is 2.38. The van der Waals surface area contributed by atoms with Crippen LogP contribution in [-0.2, 0) is 6.42 Å². The molecular weight excluding hydrogens is 256 g/mol. The molecule has 4 atom stereocenters. The second-order valence-corrected chi connectivity index (χ2v) is 7.53. The molecule has 1 saturated carbocycles. The van der Waals surface area contributed by atoms with Crippen molar-refractivity contribution < 1.29 is 0 Å². The highest BCUT2D eigenvalue weighted by atomic mass is 15.2. The van der Waals surface area contributed by atoms with Crippen molar-refractivity contribution in [3.05, 3.63) is 35.9 Å². The van der Waals surface area contributed by atoms with Gasteiger partial charge < -0.3 is 5.32 Å². The van der Waals surface area contributed by atoms with Crippen LogP contribution in [-0.4, -0.2) is 36.6 Å². The molecule has 0 bridgehead atoms. The Morgan fingerprint density at radius 1 is 1.24 bits per heavy atom. The summed E-state index contributed by atoms with van der Waals surface area (Å²) in [4.78, 5) is 2.78. The van der Waals surface area contributed by atoms with Crippen LogP contribution in [0.25, 0.3) is 0 Å². The van der Waals surface area contributed by atoms with Gasteiger partial charge in [0.15, 0.2) is 0 Å². The van der Waals surface area contributed by atoms with Crippen LogP contribution in [0.15, 0.2) is 30.3 Å². The Kier molecular flexibility index (Phi) is 4.66. The van der Waals surface area contributed by atoms with Crippen LogP contribution in [0.4, 0.5) is 0 Å². The fraction of sp³-hybridized carbons (Fsp3) is 0.684. The Balaban J connectivity index is 1.60. The molecule has 116 valence electrons. The Hall–Kier alpha value is -0.860. The Morgan fingerprint density at radius 2 is 1.95 bits per heavy atom. The van der Waals surface area contributed by atoms with E-state index in [0.29, 0.717) is 12.1 Å². The van der Waals surface area contributed by atoms with Gasteiger partial charge in [-0.15, -0.1) is 0 Å². The number of piperazine rings is 1. The highest BCUT2D eigenvalue weighted by molar-refractivity contribution is 5.16. The minimum Gasteiger partial charge on any atom is -0.311 e. The van der Waals surface area contributed by atoms with E-state index in [0.717, 1.165) is 30.7 Å². The number of benzene rings is 1. The molecule has 0 radical (unpaired) electrons. The lowest BCUT2D eigenvalue weighted by atomic mass is 9.95. The Bertz CT molecular complexity index is 442. The van der Waals surface area contributed by atoms with Gasteiger partial charge in [-0.05, 0) is 36.2 Å². The zero-order valence-electron chi connectivity index (χ0n) is 13.8. The quantitative estimate of drug-likeness (QED) is 0.894. The number of nitrogens with one attached hydrogen (secondary N) is 1. The fourth-order valence-corrected chi connectivity index (χ4v) is 3.76. The monoisotopic (exact) mass is 286 g/mol. The van der Waals surface area contributed by atoms with Gasteiger partial charge in [0.2, 0.25) is 0 Å². The molecule has 1 aromatic carbocycles. The van der Waals surface area contributed by atoms with Gasteiger partial charge in [0.25, 0.3) is 0 Å². The third-order valence-corrected chi connectivity index (χ3v) is 5.38. The Morgan fingerprint density at radius 3 is 2.57 bits per heavy atom. The van der Waals surface area contributed by atoms with Crippen molar-refractivity contribution in [1.82, 2.24) is 10.2 Å². The molecule has 4 unspecified atom stereocenters. The predicted octanol–water partition coefficient (Wildman–Crippen LogP) is 3.18. The highest BCUT2D eigenvalue weighted by Crippen LogP contribution is 2.39. The van der Waals surface area contributed by atoms with E-state index in [9.17, 15) is 0 Å². The zero-order valence-corrected chi connectivity index (χ0v) is 13.8. The average molecular weight is 286 g/mol. The first-order chi connectivity index (χ1) is 10.1. The molecule has 1 aliphatic carbocycles. The molecule has 3 rings (SSSR count). The fourth-order valence-electron chi connectivity index (χ4n) is 3.76. The van der Waals surface area contributed by atoms with Crippen molar-refractivity contribution >= 4 is 0 Å². The summed E-state index contributed by atoms with van der Waals surface area (Å²) in [6.45, 7) is 10.8. The van der Waals surface area contributed by atoms with Gasteiger partial charge in [0.05, 0.1) is 0 Å². The van der Waals surface area contributed by atoms with Crippen molar-refractivity contribution in [2.45, 2.75) is 45.7 Å². The molecule has 2 heteroatoms. The molecule has 2 nitrogen and oxygen atoms in total. The van der Waals surface area contributed by atoms with Crippen molar-refractivity contribution in [2.24, 2.45) is 17.8 Å². The van der Waals surface area contributed by atoms with Crippen molar-refractivity contribution in [3.8, 4) is 0 Å². The lowest BCUT2D eigenvalue weighted by Crippen LogP contribution is -2.59. The van der Waals surface area contributed by atoms with Crippen LogP contribution in [0.2, 0.25) is 0 Å². The summed E-state index contributed by atoms with van der Waals surface area (Å²) in [6, 6.07) is 12.2. The number of rotatable bonds is 5. The first-order valence-corrected chi connectivity index (χ1v) is 8.65. The van der Waals surface area contributed by atoms with Gasteiger partial charge in [-0.1, -0.05) is 51.1 Å². The van der Waals surface area contributed by atoms with E-state index in [1.165, 1.54) is 25.1 Å². The summed E-state index contributed by atoms with van der Waals surface area (Å²) in [6.07, 6.45) is 2.60. The van der Waals surface area contributed by atoms with E-state index in [4.69, 9.17) is 0 Å². The summed E-state index contributed by atoms with van der Waals surface area (Å²) in [7, 11) is 0. The smallest absolute Gasteiger partial charge is 0.0244 e. The topological polar surface area (TPSA) is 15.3 Å². The van der Waals surface area contributed by atoms with Gasteiger partial charge in [-0.3, -0.25) is 4.90 Å². The summed E-state index contributed by atoms with van der Waals surface area (Å²) in [5, 5.41) is 3.79. The maximum absolute atomic E-state index is 3.79. The maximum atomic E-state index is 3.79. The number of nitrogens with zero attached hydrogens (tertiary/aromatic N) is 1. The SMILES string of the molecule is CC(C)C1CNC(Cc2ccccc2)CN1CC1CC1C. The largest absolute Gasteiger partial charge is 0.311 e. The van der Waals surface area contributed by atoms with E-state index in [1.807, 2.05) is 0 Å². The summed E-state index contributed by atoms with van der Waals surface area (Å²) >= 11 is 0. The summed E-state index contributed by atoms with van der Waals surface area (Å²) in [5.41, 5.74) is 1.46. The number of hydrogen-bond acceptors (Lipinski definition) is 2. The van der Waals surface area contributed by atoms with Gasteiger partial charge in [-0.25, -0.2) is 0 Å². The van der Waals surface area contributed by atoms with Crippen LogP contribution in [0.1, 0.15) is 32.8 Å².